The summed E-state index contributed by atoms with van der Waals surface area (Å²) in [5.41, 5.74) is -0.699. The predicted molar refractivity (Wildman–Crippen MR) is 87.6 cm³/mol. The lowest BCUT2D eigenvalue weighted by molar-refractivity contribution is -0.134. The van der Waals surface area contributed by atoms with E-state index in [0.717, 1.165) is 25.7 Å². The van der Waals surface area contributed by atoms with E-state index in [2.05, 4.69) is 5.32 Å². The largest absolute Gasteiger partial charge is 0.492 e. The number of halogens is 1. The van der Waals surface area contributed by atoms with Gasteiger partial charge < -0.3 is 10.1 Å². The highest BCUT2D eigenvalue weighted by molar-refractivity contribution is 6.30. The van der Waals surface area contributed by atoms with Crippen molar-refractivity contribution in [3.63, 3.8) is 0 Å². The smallest absolute Gasteiger partial charge is 0.325 e. The van der Waals surface area contributed by atoms with Gasteiger partial charge in [-0.05, 0) is 43.0 Å². The Labute approximate surface area is 140 Å². The highest BCUT2D eigenvalue weighted by atomic mass is 35.5. The van der Waals surface area contributed by atoms with Crippen LogP contribution in [-0.2, 0) is 4.79 Å². The van der Waals surface area contributed by atoms with Crippen molar-refractivity contribution in [2.45, 2.75) is 38.1 Å². The van der Waals surface area contributed by atoms with Gasteiger partial charge in [-0.2, -0.15) is 0 Å². The standard InChI is InChI=1S/C17H21ClN2O3/c1-12-4-2-3-9-17(12)15(21)20(16(22)19-17)10-11-23-14-7-5-13(18)6-8-14/h5-8,12H,2-4,9-11H2,1H3,(H,19,22)/t12-,17-/m1/s1. The van der Waals surface area contributed by atoms with Gasteiger partial charge in [-0.1, -0.05) is 31.4 Å². The third-order valence-electron chi connectivity index (χ3n) is 4.90. The zero-order chi connectivity index (χ0) is 16.4. The Morgan fingerprint density at radius 3 is 2.74 bits per heavy atom. The van der Waals surface area contributed by atoms with Crippen molar-refractivity contribution in [2.75, 3.05) is 13.2 Å². The van der Waals surface area contributed by atoms with E-state index in [1.807, 2.05) is 6.92 Å². The van der Waals surface area contributed by atoms with Crippen molar-refractivity contribution >= 4 is 23.5 Å². The van der Waals surface area contributed by atoms with E-state index in [-0.39, 0.29) is 31.0 Å². The maximum atomic E-state index is 12.8. The SMILES string of the molecule is C[C@@H]1CCCC[C@@]12NC(=O)N(CCOc1ccc(Cl)cc1)C2=O. The molecular weight excluding hydrogens is 316 g/mol. The quantitative estimate of drug-likeness (QED) is 0.859. The maximum Gasteiger partial charge on any atom is 0.325 e. The first-order chi connectivity index (χ1) is 11.0. The fraction of sp³-hybridized carbons (Fsp3) is 0.529. The van der Waals surface area contributed by atoms with Crippen LogP contribution in [0.5, 0.6) is 5.75 Å². The summed E-state index contributed by atoms with van der Waals surface area (Å²) < 4.78 is 5.59. The number of hydrogen-bond donors (Lipinski definition) is 1. The number of ether oxygens (including phenoxy) is 1. The molecule has 1 saturated carbocycles. The topological polar surface area (TPSA) is 58.6 Å². The van der Waals surface area contributed by atoms with Gasteiger partial charge >= 0.3 is 6.03 Å². The number of benzene rings is 1. The molecule has 1 N–H and O–H groups in total. The summed E-state index contributed by atoms with van der Waals surface area (Å²) in [6.07, 6.45) is 3.80. The molecular formula is C17H21ClN2O3. The van der Waals surface area contributed by atoms with Crippen molar-refractivity contribution in [3.05, 3.63) is 29.3 Å². The molecule has 1 aliphatic heterocycles. The zero-order valence-corrected chi connectivity index (χ0v) is 13.9. The Balaban J connectivity index is 1.61. The molecule has 23 heavy (non-hydrogen) atoms. The number of nitrogens with zero attached hydrogens (tertiary/aromatic N) is 1. The van der Waals surface area contributed by atoms with E-state index in [9.17, 15) is 9.59 Å². The normalized spacial score (nSPS) is 27.4. The lowest BCUT2D eigenvalue weighted by atomic mass is 9.73. The second-order valence-corrected chi connectivity index (χ2v) is 6.74. The Morgan fingerprint density at radius 2 is 2.04 bits per heavy atom. The molecule has 0 aromatic heterocycles. The Kier molecular flexibility index (Phi) is 4.48. The number of imide groups is 1. The molecule has 2 aliphatic rings. The molecule has 2 fully saturated rings. The number of carbonyl (C=O) groups is 2. The Hall–Kier alpha value is -1.75. The molecule has 5 nitrogen and oxygen atoms in total. The van der Waals surface area contributed by atoms with Crippen molar-refractivity contribution in [3.8, 4) is 5.75 Å². The second kappa shape index (κ2) is 6.40. The van der Waals surface area contributed by atoms with Crippen LogP contribution in [0.15, 0.2) is 24.3 Å². The number of rotatable bonds is 4. The highest BCUT2D eigenvalue weighted by Gasteiger charge is 2.54. The van der Waals surface area contributed by atoms with Crippen LogP contribution in [0.25, 0.3) is 0 Å². The van der Waals surface area contributed by atoms with Crippen molar-refractivity contribution in [1.82, 2.24) is 10.2 Å². The summed E-state index contributed by atoms with van der Waals surface area (Å²) in [5.74, 6) is 0.742. The molecule has 0 unspecified atom stereocenters. The molecule has 1 aromatic carbocycles. The highest BCUT2D eigenvalue weighted by Crippen LogP contribution is 2.38. The van der Waals surface area contributed by atoms with E-state index in [4.69, 9.17) is 16.3 Å². The summed E-state index contributed by atoms with van der Waals surface area (Å²) in [4.78, 5) is 26.3. The molecule has 1 aliphatic carbocycles. The number of nitrogens with one attached hydrogen (secondary N) is 1. The fourth-order valence-corrected chi connectivity index (χ4v) is 3.61. The van der Waals surface area contributed by atoms with Gasteiger partial charge in [-0.15, -0.1) is 0 Å². The third-order valence-corrected chi connectivity index (χ3v) is 5.15. The first kappa shape index (κ1) is 16.1. The first-order valence-electron chi connectivity index (χ1n) is 8.05. The summed E-state index contributed by atoms with van der Waals surface area (Å²) in [6, 6.07) is 6.70. The van der Waals surface area contributed by atoms with Crippen LogP contribution in [-0.4, -0.2) is 35.5 Å². The second-order valence-electron chi connectivity index (χ2n) is 6.31. The minimum absolute atomic E-state index is 0.102. The van der Waals surface area contributed by atoms with Crippen LogP contribution in [0.1, 0.15) is 32.6 Å². The third kappa shape index (κ3) is 3.02. The fourth-order valence-electron chi connectivity index (χ4n) is 3.48. The molecule has 1 spiro atoms. The van der Waals surface area contributed by atoms with Gasteiger partial charge in [0.1, 0.15) is 17.9 Å². The molecule has 1 aromatic rings. The number of hydrogen-bond acceptors (Lipinski definition) is 3. The van der Waals surface area contributed by atoms with Crippen molar-refractivity contribution in [2.24, 2.45) is 5.92 Å². The summed E-state index contributed by atoms with van der Waals surface area (Å²) >= 11 is 5.82. The number of carbonyl (C=O) groups excluding carboxylic acids is 2. The Morgan fingerprint density at radius 1 is 1.30 bits per heavy atom. The maximum absolute atomic E-state index is 12.8. The average molecular weight is 337 g/mol. The van der Waals surface area contributed by atoms with Crippen LogP contribution in [0.2, 0.25) is 5.02 Å². The molecule has 0 bridgehead atoms. The van der Waals surface area contributed by atoms with Crippen LogP contribution in [0.4, 0.5) is 4.79 Å². The molecule has 3 amide bonds. The molecule has 6 heteroatoms. The van der Waals surface area contributed by atoms with E-state index in [1.54, 1.807) is 24.3 Å². The number of urea groups is 1. The molecule has 1 saturated heterocycles. The summed E-state index contributed by atoms with van der Waals surface area (Å²) in [7, 11) is 0. The van der Waals surface area contributed by atoms with E-state index in [1.165, 1.54) is 4.90 Å². The minimum Gasteiger partial charge on any atom is -0.492 e. The van der Waals surface area contributed by atoms with Crippen molar-refractivity contribution < 1.29 is 14.3 Å². The molecule has 124 valence electrons. The molecule has 0 radical (unpaired) electrons. The monoisotopic (exact) mass is 336 g/mol. The van der Waals surface area contributed by atoms with Gasteiger partial charge in [0.2, 0.25) is 0 Å². The van der Waals surface area contributed by atoms with Gasteiger partial charge in [0.05, 0.1) is 6.54 Å². The van der Waals surface area contributed by atoms with Crippen LogP contribution < -0.4 is 10.1 Å². The van der Waals surface area contributed by atoms with Gasteiger partial charge in [-0.25, -0.2) is 4.79 Å². The summed E-state index contributed by atoms with van der Waals surface area (Å²) in [6.45, 7) is 2.57. The van der Waals surface area contributed by atoms with Gasteiger partial charge in [0, 0.05) is 5.02 Å². The molecule has 3 rings (SSSR count). The first-order valence-corrected chi connectivity index (χ1v) is 8.43. The molecule has 2 atom stereocenters. The van der Waals surface area contributed by atoms with Gasteiger partial charge in [0.25, 0.3) is 5.91 Å². The van der Waals surface area contributed by atoms with E-state index in [0.29, 0.717) is 10.8 Å². The molecule has 1 heterocycles. The van der Waals surface area contributed by atoms with Gasteiger partial charge in [0.15, 0.2) is 0 Å². The summed E-state index contributed by atoms with van der Waals surface area (Å²) in [5, 5.41) is 3.58. The van der Waals surface area contributed by atoms with Crippen LogP contribution in [0.3, 0.4) is 0 Å². The van der Waals surface area contributed by atoms with E-state index < -0.39 is 5.54 Å². The average Bonchev–Trinajstić information content (AvgIpc) is 2.77. The van der Waals surface area contributed by atoms with E-state index >= 15 is 0 Å². The minimum atomic E-state index is -0.699. The van der Waals surface area contributed by atoms with Crippen molar-refractivity contribution in [1.29, 1.82) is 0 Å². The predicted octanol–water partition coefficient (Wildman–Crippen LogP) is 3.22. The number of amides is 3. The van der Waals surface area contributed by atoms with Crippen LogP contribution in [0, 0.1) is 5.92 Å². The van der Waals surface area contributed by atoms with Gasteiger partial charge in [-0.3, -0.25) is 9.69 Å². The zero-order valence-electron chi connectivity index (χ0n) is 13.2. The Bertz CT molecular complexity index is 604. The lowest BCUT2D eigenvalue weighted by Crippen LogP contribution is -2.54. The lowest BCUT2D eigenvalue weighted by Gasteiger charge is -2.36. The van der Waals surface area contributed by atoms with Crippen LogP contribution >= 0.6 is 11.6 Å².